The molecule has 8 nitrogen and oxygen atoms in total. The Morgan fingerprint density at radius 2 is 1.68 bits per heavy atom. The van der Waals surface area contributed by atoms with Gasteiger partial charge < -0.3 is 29.6 Å². The van der Waals surface area contributed by atoms with Crippen LogP contribution in [0.25, 0.3) is 0 Å². The van der Waals surface area contributed by atoms with E-state index >= 15 is 0 Å². The zero-order valence-electron chi connectivity index (χ0n) is 17.9. The van der Waals surface area contributed by atoms with Gasteiger partial charge in [0.05, 0.1) is 46.7 Å². The summed E-state index contributed by atoms with van der Waals surface area (Å²) in [6.07, 6.45) is 0. The van der Waals surface area contributed by atoms with Crippen molar-refractivity contribution in [2.75, 3.05) is 61.2 Å². The molecule has 0 aliphatic carbocycles. The van der Waals surface area contributed by atoms with E-state index in [-0.39, 0.29) is 5.54 Å². The van der Waals surface area contributed by atoms with Gasteiger partial charge in [-0.25, -0.2) is 0 Å². The first-order valence-corrected chi connectivity index (χ1v) is 9.51. The van der Waals surface area contributed by atoms with Crippen molar-refractivity contribution in [1.82, 2.24) is 15.5 Å². The number of ether oxygens (including phenoxy) is 4. The quantitative estimate of drug-likeness (QED) is 0.511. The number of nitrogens with zero attached hydrogens (tertiary/aromatic N) is 2. The van der Waals surface area contributed by atoms with Gasteiger partial charge in [-0.3, -0.25) is 9.89 Å². The van der Waals surface area contributed by atoms with Gasteiger partial charge in [0.15, 0.2) is 5.96 Å². The Morgan fingerprint density at radius 1 is 1.07 bits per heavy atom. The highest BCUT2D eigenvalue weighted by Gasteiger charge is 2.28. The maximum Gasteiger partial charge on any atom is 0.191 e. The SMILES string of the molecule is CN=C(NCc1c(OC)cc(OC)cc1OC)NCC(C)(C)N1CCOCC1. The summed E-state index contributed by atoms with van der Waals surface area (Å²) in [4.78, 5) is 6.78. The Kier molecular flexibility index (Phi) is 8.19. The second kappa shape index (κ2) is 10.4. The van der Waals surface area contributed by atoms with Gasteiger partial charge >= 0.3 is 0 Å². The average molecular weight is 395 g/mol. The second-order valence-electron chi connectivity index (χ2n) is 7.20. The number of nitrogens with one attached hydrogen (secondary N) is 2. The van der Waals surface area contributed by atoms with Gasteiger partial charge in [0.2, 0.25) is 0 Å². The van der Waals surface area contributed by atoms with Crippen molar-refractivity contribution in [3.8, 4) is 17.2 Å². The van der Waals surface area contributed by atoms with E-state index in [1.54, 1.807) is 28.4 Å². The molecular formula is C20H34N4O4. The van der Waals surface area contributed by atoms with Gasteiger partial charge in [-0.2, -0.15) is 0 Å². The molecular weight excluding hydrogens is 360 g/mol. The van der Waals surface area contributed by atoms with Crippen molar-refractivity contribution in [1.29, 1.82) is 0 Å². The molecule has 0 unspecified atom stereocenters. The number of guanidine groups is 1. The fourth-order valence-corrected chi connectivity index (χ4v) is 3.23. The van der Waals surface area contributed by atoms with Crippen LogP contribution in [-0.4, -0.2) is 77.6 Å². The molecule has 28 heavy (non-hydrogen) atoms. The van der Waals surface area contributed by atoms with Gasteiger partial charge in [-0.1, -0.05) is 0 Å². The van der Waals surface area contributed by atoms with E-state index in [1.165, 1.54) is 0 Å². The van der Waals surface area contributed by atoms with Crippen molar-refractivity contribution in [3.63, 3.8) is 0 Å². The minimum Gasteiger partial charge on any atom is -0.496 e. The molecule has 0 aromatic heterocycles. The Morgan fingerprint density at radius 3 is 2.18 bits per heavy atom. The molecule has 2 N–H and O–H groups in total. The third kappa shape index (κ3) is 5.65. The monoisotopic (exact) mass is 394 g/mol. The third-order valence-electron chi connectivity index (χ3n) is 5.03. The van der Waals surface area contributed by atoms with Gasteiger partial charge in [0.1, 0.15) is 17.2 Å². The van der Waals surface area contributed by atoms with Crippen LogP contribution in [0.15, 0.2) is 17.1 Å². The standard InChI is InChI=1S/C20H34N4O4/c1-20(2,24-7-9-28-10-8-24)14-23-19(21-3)22-13-16-17(26-5)11-15(25-4)12-18(16)27-6/h11-12H,7-10,13-14H2,1-6H3,(H2,21,22,23). The zero-order valence-corrected chi connectivity index (χ0v) is 17.9. The summed E-state index contributed by atoms with van der Waals surface area (Å²) >= 11 is 0. The topological polar surface area (TPSA) is 76.6 Å². The highest BCUT2D eigenvalue weighted by atomic mass is 16.5. The number of aliphatic imine (C=N–C) groups is 1. The molecule has 1 aromatic rings. The van der Waals surface area contributed by atoms with Crippen molar-refractivity contribution < 1.29 is 18.9 Å². The lowest BCUT2D eigenvalue weighted by Crippen LogP contribution is -2.56. The van der Waals surface area contributed by atoms with Crippen molar-refractivity contribution >= 4 is 5.96 Å². The van der Waals surface area contributed by atoms with Crippen LogP contribution in [0.5, 0.6) is 17.2 Å². The van der Waals surface area contributed by atoms with Crippen LogP contribution in [0.4, 0.5) is 0 Å². The van der Waals surface area contributed by atoms with Gasteiger partial charge in [0.25, 0.3) is 0 Å². The molecule has 1 aliphatic rings. The van der Waals surface area contributed by atoms with Crippen LogP contribution in [0.3, 0.4) is 0 Å². The normalized spacial score (nSPS) is 15.9. The summed E-state index contributed by atoms with van der Waals surface area (Å²) < 4.78 is 21.8. The molecule has 2 rings (SSSR count). The first kappa shape index (κ1) is 22.1. The van der Waals surface area contributed by atoms with Crippen molar-refractivity contribution in [3.05, 3.63) is 17.7 Å². The molecule has 0 atom stereocenters. The first-order chi connectivity index (χ1) is 13.4. The Bertz CT molecular complexity index is 633. The summed E-state index contributed by atoms with van der Waals surface area (Å²) in [6, 6.07) is 3.69. The fraction of sp³-hybridized carbons (Fsp3) is 0.650. The number of methoxy groups -OCH3 is 3. The summed E-state index contributed by atoms with van der Waals surface area (Å²) in [5, 5.41) is 6.77. The van der Waals surface area contributed by atoms with Crippen LogP contribution in [0.2, 0.25) is 0 Å². The van der Waals surface area contributed by atoms with E-state index in [4.69, 9.17) is 18.9 Å². The maximum absolute atomic E-state index is 5.51. The Labute approximate surface area is 168 Å². The molecule has 1 saturated heterocycles. The number of benzene rings is 1. The molecule has 8 heteroatoms. The van der Waals surface area contributed by atoms with Crippen LogP contribution in [-0.2, 0) is 11.3 Å². The number of rotatable bonds is 8. The predicted molar refractivity (Wildman–Crippen MR) is 111 cm³/mol. The Balaban J connectivity index is 2.00. The zero-order chi connectivity index (χ0) is 20.6. The smallest absolute Gasteiger partial charge is 0.191 e. The van der Waals surface area contributed by atoms with E-state index in [1.807, 2.05) is 12.1 Å². The average Bonchev–Trinajstić information content (AvgIpc) is 2.73. The van der Waals surface area contributed by atoms with Crippen molar-refractivity contribution in [2.45, 2.75) is 25.9 Å². The molecule has 1 heterocycles. The minimum atomic E-state index is -0.00308. The molecule has 0 bridgehead atoms. The summed E-state index contributed by atoms with van der Waals surface area (Å²) in [6.45, 7) is 9.20. The molecule has 1 aliphatic heterocycles. The molecule has 0 saturated carbocycles. The Hall–Kier alpha value is -2.19. The summed E-state index contributed by atoms with van der Waals surface area (Å²) in [5.74, 6) is 2.81. The molecule has 0 amide bonds. The molecule has 158 valence electrons. The lowest BCUT2D eigenvalue weighted by molar-refractivity contribution is -0.00834. The largest absolute Gasteiger partial charge is 0.496 e. The molecule has 0 spiro atoms. The van der Waals surface area contributed by atoms with Crippen LogP contribution < -0.4 is 24.8 Å². The van der Waals surface area contributed by atoms with Crippen LogP contribution in [0.1, 0.15) is 19.4 Å². The predicted octanol–water partition coefficient (Wildman–Crippen LogP) is 1.49. The fourth-order valence-electron chi connectivity index (χ4n) is 3.23. The number of morpholine rings is 1. The van der Waals surface area contributed by atoms with Crippen LogP contribution in [0, 0.1) is 0 Å². The van der Waals surface area contributed by atoms with Gasteiger partial charge in [-0.15, -0.1) is 0 Å². The summed E-state index contributed by atoms with van der Waals surface area (Å²) in [7, 11) is 6.65. The minimum absolute atomic E-state index is 0.00308. The lowest BCUT2D eigenvalue weighted by atomic mass is 10.0. The van der Waals surface area contributed by atoms with E-state index < -0.39 is 0 Å². The third-order valence-corrected chi connectivity index (χ3v) is 5.03. The van der Waals surface area contributed by atoms with Crippen LogP contribution >= 0.6 is 0 Å². The lowest BCUT2D eigenvalue weighted by Gasteiger charge is -2.41. The van der Waals surface area contributed by atoms with Gasteiger partial charge in [0, 0.05) is 44.4 Å². The number of hydrogen-bond donors (Lipinski definition) is 2. The van der Waals surface area contributed by atoms with Gasteiger partial charge in [-0.05, 0) is 13.8 Å². The van der Waals surface area contributed by atoms with Crippen molar-refractivity contribution in [2.24, 2.45) is 4.99 Å². The molecule has 1 fully saturated rings. The number of hydrogen-bond acceptors (Lipinski definition) is 6. The van der Waals surface area contributed by atoms with E-state index in [0.717, 1.165) is 44.4 Å². The molecule has 1 aromatic carbocycles. The van der Waals surface area contributed by atoms with E-state index in [2.05, 4.69) is 34.4 Å². The molecule has 0 radical (unpaired) electrons. The second-order valence-corrected chi connectivity index (χ2v) is 7.20. The highest BCUT2D eigenvalue weighted by Crippen LogP contribution is 2.33. The first-order valence-electron chi connectivity index (χ1n) is 9.51. The summed E-state index contributed by atoms with van der Waals surface area (Å²) in [5.41, 5.74) is 0.901. The highest BCUT2D eigenvalue weighted by molar-refractivity contribution is 5.79. The maximum atomic E-state index is 5.51. The van der Waals surface area contributed by atoms with E-state index in [9.17, 15) is 0 Å². The van der Waals surface area contributed by atoms with E-state index in [0.29, 0.717) is 23.8 Å².